The number of aryl methyl sites for hydroxylation is 1. The van der Waals surface area contributed by atoms with Gasteiger partial charge in [-0.3, -0.25) is 9.59 Å². The van der Waals surface area contributed by atoms with E-state index in [9.17, 15) is 22.8 Å². The lowest BCUT2D eigenvalue weighted by Gasteiger charge is -2.42. The van der Waals surface area contributed by atoms with Crippen molar-refractivity contribution in [1.82, 2.24) is 9.21 Å². The number of nitrogens with zero attached hydrogens (tertiary/aromatic N) is 2. The second kappa shape index (κ2) is 12.8. The topological polar surface area (TPSA) is 110 Å². The molecule has 2 aliphatic heterocycles. The van der Waals surface area contributed by atoms with Crippen molar-refractivity contribution in [2.45, 2.75) is 36.6 Å². The molecule has 2 aliphatic rings. The van der Waals surface area contributed by atoms with Crippen LogP contribution in [0.1, 0.15) is 45.9 Å². The van der Waals surface area contributed by atoms with E-state index >= 15 is 0 Å². The molecule has 6 rings (SSSR count). The lowest BCUT2D eigenvalue weighted by atomic mass is 10.0. The van der Waals surface area contributed by atoms with Crippen molar-refractivity contribution in [3.05, 3.63) is 147 Å². The minimum absolute atomic E-state index is 0.0474. The van der Waals surface area contributed by atoms with Crippen LogP contribution in [0.15, 0.2) is 129 Å². The molecule has 46 heavy (non-hydrogen) atoms. The highest BCUT2D eigenvalue weighted by molar-refractivity contribution is 14.1. The fourth-order valence-corrected chi connectivity index (χ4v) is 7.99. The number of amides is 2. The summed E-state index contributed by atoms with van der Waals surface area (Å²) in [5, 5.41) is 0. The van der Waals surface area contributed by atoms with Crippen molar-refractivity contribution in [1.29, 1.82) is 0 Å². The molecule has 4 aromatic carbocycles. The highest BCUT2D eigenvalue weighted by Crippen LogP contribution is 2.56. The lowest BCUT2D eigenvalue weighted by molar-refractivity contribution is -0.186. The number of halogens is 1. The molecule has 2 heterocycles. The number of hydrogen-bond acceptors (Lipinski definition) is 7. The monoisotopic (exact) mass is 748 g/mol. The normalized spacial score (nSPS) is 21.3. The molecule has 0 aliphatic carbocycles. The van der Waals surface area contributed by atoms with Crippen LogP contribution in [0, 0.1) is 6.92 Å². The molecule has 2 saturated heterocycles. The zero-order valence-corrected chi connectivity index (χ0v) is 27.7. The van der Waals surface area contributed by atoms with Gasteiger partial charge in [-0.05, 0) is 59.3 Å². The standard InChI is InChI=1S/C35H29IN2O7S/c1-24-17-19-28(20-18-24)46(42,43)38-32(25-11-5-2-6-12-25)33(29(36)23-44-34(41)26-13-7-3-8-14-26)45-35(38,27-15-9-4-10-16-27)37-30(39)21-22-31(37)40/h2-20,32H,21-23H2,1H3/b33-29+/t32-,35+/m1/s1. The van der Waals surface area contributed by atoms with Gasteiger partial charge >= 0.3 is 5.97 Å². The van der Waals surface area contributed by atoms with Crippen LogP contribution >= 0.6 is 22.6 Å². The van der Waals surface area contributed by atoms with Gasteiger partial charge in [-0.1, -0.05) is 96.6 Å². The summed E-state index contributed by atoms with van der Waals surface area (Å²) in [6.07, 6.45) is -0.202. The molecule has 0 radical (unpaired) electrons. The molecule has 234 valence electrons. The molecule has 0 unspecified atom stereocenters. The minimum atomic E-state index is -4.52. The number of carbonyl (C=O) groups is 3. The summed E-state index contributed by atoms with van der Waals surface area (Å²) in [6, 6.07) is 30.9. The summed E-state index contributed by atoms with van der Waals surface area (Å²) < 4.78 is 43.9. The first kappa shape index (κ1) is 31.6. The maximum absolute atomic E-state index is 15.0. The average molecular weight is 749 g/mol. The van der Waals surface area contributed by atoms with Crippen molar-refractivity contribution in [2.75, 3.05) is 6.61 Å². The predicted molar refractivity (Wildman–Crippen MR) is 177 cm³/mol. The Bertz CT molecular complexity index is 1900. The third-order valence-corrected chi connectivity index (χ3v) is 10.5. The van der Waals surface area contributed by atoms with Gasteiger partial charge in [0, 0.05) is 18.4 Å². The Morgan fingerprint density at radius 2 is 1.39 bits per heavy atom. The molecular weight excluding hydrogens is 719 g/mol. The summed E-state index contributed by atoms with van der Waals surface area (Å²) in [5.74, 6) is -3.83. The van der Waals surface area contributed by atoms with E-state index < -0.39 is 39.7 Å². The summed E-state index contributed by atoms with van der Waals surface area (Å²) in [5.41, 5.74) is 1.98. The van der Waals surface area contributed by atoms with Crippen LogP contribution in [0.4, 0.5) is 0 Å². The van der Waals surface area contributed by atoms with Gasteiger partial charge in [0.25, 0.3) is 5.85 Å². The van der Waals surface area contributed by atoms with E-state index in [2.05, 4.69) is 0 Å². The van der Waals surface area contributed by atoms with E-state index in [1.165, 1.54) is 12.1 Å². The Morgan fingerprint density at radius 3 is 1.98 bits per heavy atom. The van der Waals surface area contributed by atoms with Gasteiger partial charge in [0.1, 0.15) is 18.4 Å². The van der Waals surface area contributed by atoms with Crippen LogP contribution in [0.2, 0.25) is 0 Å². The zero-order valence-electron chi connectivity index (χ0n) is 24.7. The number of hydrogen-bond donors (Lipinski definition) is 0. The van der Waals surface area contributed by atoms with Crippen LogP contribution < -0.4 is 0 Å². The van der Waals surface area contributed by atoms with Gasteiger partial charge < -0.3 is 9.47 Å². The number of ether oxygens (including phenoxy) is 2. The van der Waals surface area contributed by atoms with Crippen molar-refractivity contribution in [3.8, 4) is 0 Å². The molecule has 2 fully saturated rings. The number of imide groups is 1. The minimum Gasteiger partial charge on any atom is -0.457 e. The van der Waals surface area contributed by atoms with Gasteiger partial charge in [-0.2, -0.15) is 0 Å². The molecule has 0 spiro atoms. The molecular formula is C35H29IN2O7S. The second-order valence-corrected chi connectivity index (χ2v) is 14.0. The van der Waals surface area contributed by atoms with Crippen molar-refractivity contribution in [2.24, 2.45) is 0 Å². The Kier molecular flexibility index (Phi) is 8.82. The summed E-state index contributed by atoms with van der Waals surface area (Å²) >= 11 is 1.97. The number of sulfonamides is 1. The number of esters is 1. The largest absolute Gasteiger partial charge is 0.457 e. The van der Waals surface area contributed by atoms with Gasteiger partial charge in [0.2, 0.25) is 21.8 Å². The van der Waals surface area contributed by atoms with Gasteiger partial charge in [0.05, 0.1) is 14.0 Å². The summed E-state index contributed by atoms with van der Waals surface area (Å²) in [7, 11) is -4.52. The van der Waals surface area contributed by atoms with E-state index in [0.717, 1.165) is 14.8 Å². The fourth-order valence-electron chi connectivity index (χ4n) is 5.67. The SMILES string of the molecule is Cc1ccc(S(=O)(=O)N2[C@H](c3ccccc3)/C(=C(\I)COC(=O)c3ccccc3)O[C@@]2(c2ccccc2)N2C(=O)CCC2=O)cc1. The van der Waals surface area contributed by atoms with Crippen LogP contribution in [-0.4, -0.2) is 42.0 Å². The molecule has 0 saturated carbocycles. The van der Waals surface area contributed by atoms with E-state index in [1.807, 2.05) is 29.5 Å². The van der Waals surface area contributed by atoms with Crippen LogP contribution in [0.3, 0.4) is 0 Å². The molecule has 11 heteroatoms. The van der Waals surface area contributed by atoms with E-state index in [1.54, 1.807) is 103 Å². The van der Waals surface area contributed by atoms with E-state index in [-0.39, 0.29) is 35.7 Å². The first-order valence-corrected chi connectivity index (χ1v) is 17.0. The van der Waals surface area contributed by atoms with Crippen LogP contribution in [0.5, 0.6) is 0 Å². The van der Waals surface area contributed by atoms with Crippen LogP contribution in [0.25, 0.3) is 0 Å². The first-order valence-electron chi connectivity index (χ1n) is 14.5. The van der Waals surface area contributed by atoms with Gasteiger partial charge in [-0.15, -0.1) is 4.31 Å². The fraction of sp³-hybridized carbons (Fsp3) is 0.171. The highest BCUT2D eigenvalue weighted by Gasteiger charge is 2.66. The lowest BCUT2D eigenvalue weighted by Crippen LogP contribution is -2.59. The Morgan fingerprint density at radius 1 is 0.848 bits per heavy atom. The zero-order chi connectivity index (χ0) is 32.5. The number of carbonyl (C=O) groups excluding carboxylic acids is 3. The summed E-state index contributed by atoms with van der Waals surface area (Å²) in [4.78, 5) is 41.0. The third kappa shape index (κ3) is 5.63. The number of likely N-dealkylation sites (tertiary alicyclic amines) is 1. The molecule has 2 atom stereocenters. The maximum Gasteiger partial charge on any atom is 0.338 e. The smallest absolute Gasteiger partial charge is 0.338 e. The quantitative estimate of drug-likeness (QED) is 0.120. The predicted octanol–water partition coefficient (Wildman–Crippen LogP) is 6.22. The molecule has 2 amide bonds. The van der Waals surface area contributed by atoms with E-state index in [0.29, 0.717) is 14.7 Å². The molecule has 4 aromatic rings. The molecule has 9 nitrogen and oxygen atoms in total. The Hall–Kier alpha value is -4.33. The van der Waals surface area contributed by atoms with Crippen molar-refractivity contribution >= 4 is 50.4 Å². The third-order valence-electron chi connectivity index (χ3n) is 7.84. The van der Waals surface area contributed by atoms with Gasteiger partial charge in [0.15, 0.2) is 0 Å². The summed E-state index contributed by atoms with van der Waals surface area (Å²) in [6.45, 7) is 1.59. The van der Waals surface area contributed by atoms with Crippen molar-refractivity contribution in [3.63, 3.8) is 0 Å². The Balaban J connectivity index is 1.61. The maximum atomic E-state index is 15.0. The second-order valence-electron chi connectivity index (χ2n) is 10.8. The Labute approximate surface area is 280 Å². The number of rotatable bonds is 8. The average Bonchev–Trinajstić information content (AvgIpc) is 3.62. The first-order chi connectivity index (χ1) is 22.1. The van der Waals surface area contributed by atoms with Crippen LogP contribution in [-0.2, 0) is 34.9 Å². The van der Waals surface area contributed by atoms with Gasteiger partial charge in [-0.25, -0.2) is 18.1 Å². The molecule has 0 bridgehead atoms. The highest BCUT2D eigenvalue weighted by atomic mass is 127. The number of benzene rings is 4. The molecule has 0 N–H and O–H groups in total. The van der Waals surface area contributed by atoms with Crippen molar-refractivity contribution < 1.29 is 32.3 Å². The molecule has 0 aromatic heterocycles. The van der Waals surface area contributed by atoms with E-state index in [4.69, 9.17) is 9.47 Å².